The fourth-order valence-electron chi connectivity index (χ4n) is 5.79. The van der Waals surface area contributed by atoms with Crippen LogP contribution in [0.2, 0.25) is 0 Å². The molecule has 0 atom stereocenters. The third kappa shape index (κ3) is 6.38. The molecule has 0 unspecified atom stereocenters. The molecule has 7 rings (SSSR count). The first kappa shape index (κ1) is 30.4. The van der Waals surface area contributed by atoms with Crippen LogP contribution in [-0.2, 0) is 6.54 Å². The van der Waals surface area contributed by atoms with Crippen LogP contribution in [0.4, 0.5) is 17.1 Å². The zero-order valence-corrected chi connectivity index (χ0v) is 29.1. The van der Waals surface area contributed by atoms with E-state index in [1.807, 2.05) is 10.9 Å². The van der Waals surface area contributed by atoms with Gasteiger partial charge in [-0.25, -0.2) is 0 Å². The van der Waals surface area contributed by atoms with Crippen molar-refractivity contribution in [3.63, 3.8) is 0 Å². The molecule has 3 heterocycles. The van der Waals surface area contributed by atoms with E-state index in [-0.39, 0.29) is 29.0 Å². The maximum atomic E-state index is 11.4. The second-order valence-corrected chi connectivity index (χ2v) is 15.9. The molecule has 3 aromatic heterocycles. The standard InChI is InChI=1S/C39H34N4OSe2/c1-2-3-4-11-26-42-40-38-33(36-23-20-32(27-44)45-36)21-22-34(39(38)41-42)37-25-24-35(46-37)28-16-18-31(19-17-28)43(29-12-7-5-8-13-29)30-14-9-6-10-15-30/h5-10,12-25,27H,2-4,11,26H2,1H3. The first-order valence-corrected chi connectivity index (χ1v) is 19.2. The number of aryl methyl sites for hydroxylation is 1. The van der Waals surface area contributed by atoms with Gasteiger partial charge in [0, 0.05) is 0 Å². The second-order valence-electron chi connectivity index (χ2n) is 11.3. The first-order chi connectivity index (χ1) is 22.7. The van der Waals surface area contributed by atoms with E-state index in [0.717, 1.165) is 62.9 Å². The Bertz CT molecular complexity index is 2020. The van der Waals surface area contributed by atoms with Crippen molar-refractivity contribution in [2.24, 2.45) is 0 Å². The average molecular weight is 733 g/mol. The molecule has 228 valence electrons. The molecule has 0 saturated heterocycles. The van der Waals surface area contributed by atoms with E-state index in [1.54, 1.807) is 0 Å². The molecule has 0 radical (unpaired) electrons. The Morgan fingerprint density at radius 1 is 0.609 bits per heavy atom. The van der Waals surface area contributed by atoms with Gasteiger partial charge in [0.15, 0.2) is 0 Å². The molecule has 7 heteroatoms. The van der Waals surface area contributed by atoms with E-state index in [4.69, 9.17) is 10.2 Å². The number of benzene rings is 4. The van der Waals surface area contributed by atoms with Gasteiger partial charge < -0.3 is 0 Å². The number of nitrogens with zero attached hydrogens (tertiary/aromatic N) is 4. The summed E-state index contributed by atoms with van der Waals surface area (Å²) in [6.07, 6.45) is 5.67. The van der Waals surface area contributed by atoms with Crippen molar-refractivity contribution in [2.45, 2.75) is 39.2 Å². The molecule has 0 bridgehead atoms. The Kier molecular flexibility index (Phi) is 9.27. The van der Waals surface area contributed by atoms with Crippen molar-refractivity contribution >= 4 is 63.4 Å². The summed E-state index contributed by atoms with van der Waals surface area (Å²) in [6, 6.07) is 42.9. The molecule has 0 aliphatic heterocycles. The number of hydrogen-bond donors (Lipinski definition) is 0. The molecule has 7 aromatic rings. The fraction of sp³-hybridized carbons (Fsp3) is 0.154. The van der Waals surface area contributed by atoms with E-state index < -0.39 is 0 Å². The number of para-hydroxylation sites is 2. The van der Waals surface area contributed by atoms with Gasteiger partial charge in [0.1, 0.15) is 0 Å². The number of rotatable bonds is 12. The normalized spacial score (nSPS) is 11.2. The molecule has 0 aliphatic carbocycles. The zero-order valence-electron chi connectivity index (χ0n) is 25.7. The van der Waals surface area contributed by atoms with Gasteiger partial charge in [-0.1, -0.05) is 0 Å². The fourth-order valence-corrected chi connectivity index (χ4v) is 9.75. The van der Waals surface area contributed by atoms with Gasteiger partial charge in [-0.3, -0.25) is 0 Å². The van der Waals surface area contributed by atoms with Crippen LogP contribution in [0, 0.1) is 0 Å². The molecule has 0 N–H and O–H groups in total. The monoisotopic (exact) mass is 734 g/mol. The average Bonchev–Trinajstić information content (AvgIpc) is 3.88. The number of anilines is 3. The number of aromatic nitrogens is 3. The second kappa shape index (κ2) is 14.0. The van der Waals surface area contributed by atoms with E-state index in [1.165, 1.54) is 38.1 Å². The van der Waals surface area contributed by atoms with Gasteiger partial charge in [-0.05, 0) is 0 Å². The van der Waals surface area contributed by atoms with Gasteiger partial charge in [0.25, 0.3) is 0 Å². The van der Waals surface area contributed by atoms with Gasteiger partial charge in [-0.2, -0.15) is 0 Å². The van der Waals surface area contributed by atoms with Crippen molar-refractivity contribution < 1.29 is 4.79 Å². The molecule has 0 saturated carbocycles. The van der Waals surface area contributed by atoms with Gasteiger partial charge >= 0.3 is 283 Å². The van der Waals surface area contributed by atoms with Crippen LogP contribution in [0.25, 0.3) is 41.0 Å². The van der Waals surface area contributed by atoms with E-state index in [0.29, 0.717) is 0 Å². The summed E-state index contributed by atoms with van der Waals surface area (Å²) in [6.45, 7) is 3.05. The van der Waals surface area contributed by atoms with Crippen LogP contribution in [0.5, 0.6) is 0 Å². The van der Waals surface area contributed by atoms with Gasteiger partial charge in [-0.15, -0.1) is 0 Å². The number of fused-ring (bicyclic) bond motifs is 1. The van der Waals surface area contributed by atoms with Crippen LogP contribution in [0.1, 0.15) is 41.8 Å². The minimum absolute atomic E-state index is 0.00481. The summed E-state index contributed by atoms with van der Waals surface area (Å²) in [5.41, 5.74) is 8.81. The zero-order chi connectivity index (χ0) is 31.3. The third-order valence-electron chi connectivity index (χ3n) is 8.11. The Morgan fingerprint density at radius 3 is 1.76 bits per heavy atom. The summed E-state index contributed by atoms with van der Waals surface area (Å²) in [4.78, 5) is 15.6. The first-order valence-electron chi connectivity index (χ1n) is 15.8. The molecular formula is C39H34N4OSe2. The molecule has 4 aromatic carbocycles. The Morgan fingerprint density at radius 2 is 1.17 bits per heavy atom. The summed E-state index contributed by atoms with van der Waals surface area (Å²) in [5, 5.41) is 10.1. The minimum atomic E-state index is -0.00481. The van der Waals surface area contributed by atoms with E-state index >= 15 is 0 Å². The molecule has 0 aliphatic rings. The number of unbranched alkanes of at least 4 members (excludes halogenated alkanes) is 3. The van der Waals surface area contributed by atoms with Gasteiger partial charge in [0.05, 0.1) is 0 Å². The quantitative estimate of drug-likeness (QED) is 0.0714. The summed E-state index contributed by atoms with van der Waals surface area (Å²) in [7, 11) is 0. The van der Waals surface area contributed by atoms with Crippen LogP contribution in [0.3, 0.4) is 0 Å². The number of carbonyl (C=O) groups is 1. The van der Waals surface area contributed by atoms with Crippen molar-refractivity contribution in [1.82, 2.24) is 15.0 Å². The molecule has 5 nitrogen and oxygen atoms in total. The van der Waals surface area contributed by atoms with Crippen LogP contribution in [0.15, 0.2) is 121 Å². The van der Waals surface area contributed by atoms with Crippen LogP contribution >= 0.6 is 0 Å². The summed E-state index contributed by atoms with van der Waals surface area (Å²) >= 11 is 0.122. The number of hydrogen-bond acceptors (Lipinski definition) is 4. The predicted octanol–water partition coefficient (Wildman–Crippen LogP) is 9.41. The molecule has 46 heavy (non-hydrogen) atoms. The maximum absolute atomic E-state index is 11.4. The third-order valence-corrected chi connectivity index (χ3v) is 12.8. The number of carbonyl (C=O) groups excluding carboxylic acids is 1. The summed E-state index contributed by atoms with van der Waals surface area (Å²) in [5.74, 6) is 0. The Hall–Kier alpha value is -4.25. The molecule has 0 spiro atoms. The van der Waals surface area contributed by atoms with Crippen molar-refractivity contribution in [1.29, 1.82) is 0 Å². The van der Waals surface area contributed by atoms with E-state index in [2.05, 4.69) is 127 Å². The molecule has 0 fully saturated rings. The molecular weight excluding hydrogens is 698 g/mol. The van der Waals surface area contributed by atoms with Gasteiger partial charge in [0.2, 0.25) is 0 Å². The predicted molar refractivity (Wildman–Crippen MR) is 192 cm³/mol. The summed E-state index contributed by atoms with van der Waals surface area (Å²) < 4.78 is 4.72. The Labute approximate surface area is 281 Å². The van der Waals surface area contributed by atoms with Crippen molar-refractivity contribution in [2.75, 3.05) is 4.90 Å². The van der Waals surface area contributed by atoms with Crippen molar-refractivity contribution in [3.8, 4) is 30.0 Å². The Balaban J connectivity index is 1.21. The van der Waals surface area contributed by atoms with Crippen LogP contribution in [-0.4, -0.2) is 50.3 Å². The van der Waals surface area contributed by atoms with Crippen molar-refractivity contribution in [3.05, 3.63) is 126 Å². The van der Waals surface area contributed by atoms with E-state index in [9.17, 15) is 4.79 Å². The topological polar surface area (TPSA) is 51.0 Å². The van der Waals surface area contributed by atoms with Crippen LogP contribution < -0.4 is 4.90 Å². The molecule has 0 amide bonds. The number of aldehydes is 1. The SMILES string of the molecule is CCCCCCn1nc2c(-c3ccc(C=O)[se]3)ccc(-c3ccc(-c4ccc(N(c5ccccc5)c5ccccc5)cc4)[se]3)c2n1.